The highest BCUT2D eigenvalue weighted by Crippen LogP contribution is 2.36. The van der Waals surface area contributed by atoms with Crippen molar-refractivity contribution in [2.24, 2.45) is 5.73 Å². The molecule has 0 aliphatic heterocycles. The predicted octanol–water partition coefficient (Wildman–Crippen LogP) is 4.57. The van der Waals surface area contributed by atoms with Crippen LogP contribution in [0, 0.1) is 5.82 Å². The molecule has 0 saturated heterocycles. The van der Waals surface area contributed by atoms with Crippen LogP contribution in [0.25, 0.3) is 33.4 Å². The number of pyridine rings is 1. The Morgan fingerprint density at radius 1 is 1.06 bits per heavy atom. The minimum Gasteiger partial charge on any atom is -0.494 e. The van der Waals surface area contributed by atoms with Gasteiger partial charge >= 0.3 is 0 Å². The average Bonchev–Trinajstić information content (AvgIpc) is 2.83. The van der Waals surface area contributed by atoms with Crippen LogP contribution < -0.4 is 15.8 Å². The van der Waals surface area contributed by atoms with Crippen molar-refractivity contribution >= 4 is 22.6 Å². The van der Waals surface area contributed by atoms with E-state index in [2.05, 4.69) is 10.3 Å². The summed E-state index contributed by atoms with van der Waals surface area (Å²) in [7, 11) is 1.59. The van der Waals surface area contributed by atoms with Gasteiger partial charge in [-0.25, -0.2) is 14.4 Å². The number of nitrogens with zero attached hydrogens (tertiary/aromatic N) is 3. The summed E-state index contributed by atoms with van der Waals surface area (Å²) in [4.78, 5) is 24.7. The van der Waals surface area contributed by atoms with E-state index in [4.69, 9.17) is 20.4 Å². The van der Waals surface area contributed by atoms with Gasteiger partial charge in [0.25, 0.3) is 0 Å². The van der Waals surface area contributed by atoms with Gasteiger partial charge in [-0.05, 0) is 60.4 Å². The highest BCUT2D eigenvalue weighted by molar-refractivity contribution is 5.97. The van der Waals surface area contributed by atoms with Crippen molar-refractivity contribution in [1.29, 1.82) is 0 Å². The van der Waals surface area contributed by atoms with Crippen LogP contribution in [-0.4, -0.2) is 34.5 Å². The van der Waals surface area contributed by atoms with Gasteiger partial charge < -0.3 is 15.8 Å². The smallest absolute Gasteiger partial charge is 0.217 e. The van der Waals surface area contributed by atoms with Gasteiger partial charge in [-0.1, -0.05) is 12.1 Å². The molecule has 1 amide bonds. The van der Waals surface area contributed by atoms with Gasteiger partial charge in [0.2, 0.25) is 5.91 Å². The first-order chi connectivity index (χ1) is 16.0. The van der Waals surface area contributed by atoms with Crippen LogP contribution in [0.15, 0.2) is 60.9 Å². The molecule has 0 bridgehead atoms. The lowest BCUT2D eigenvalue weighted by Crippen LogP contribution is -2.11. The Labute approximate surface area is 190 Å². The van der Waals surface area contributed by atoms with Crippen molar-refractivity contribution in [2.75, 3.05) is 19.0 Å². The van der Waals surface area contributed by atoms with Gasteiger partial charge in [0.15, 0.2) is 5.82 Å². The van der Waals surface area contributed by atoms with E-state index < -0.39 is 0 Å². The van der Waals surface area contributed by atoms with Gasteiger partial charge in [-0.15, -0.1) is 0 Å². The van der Waals surface area contributed by atoms with Gasteiger partial charge in [-0.3, -0.25) is 9.78 Å². The predicted molar refractivity (Wildman–Crippen MR) is 126 cm³/mol. The van der Waals surface area contributed by atoms with Crippen LogP contribution >= 0.6 is 0 Å². The zero-order valence-corrected chi connectivity index (χ0v) is 18.2. The van der Waals surface area contributed by atoms with E-state index in [-0.39, 0.29) is 11.7 Å². The lowest BCUT2D eigenvalue weighted by atomic mass is 10.0. The van der Waals surface area contributed by atoms with E-state index in [1.54, 1.807) is 31.6 Å². The molecule has 0 aliphatic carbocycles. The number of methoxy groups -OCH3 is 1. The molecule has 0 radical (unpaired) electrons. The summed E-state index contributed by atoms with van der Waals surface area (Å²) in [6.45, 7) is 0.606. The number of anilines is 1. The first-order valence-electron chi connectivity index (χ1n) is 10.6. The number of fused-ring (bicyclic) bond motifs is 1. The van der Waals surface area contributed by atoms with E-state index in [0.29, 0.717) is 42.3 Å². The number of rotatable bonds is 9. The standard InChI is InChI=1S/C25H24FN5O2/c1-33-21-14-18(16-7-9-19(26)10-8-16)13-20-23(21)30-24(17-5-4-11-28-15-17)31-25(20)29-12-3-2-6-22(27)32/h4-5,7-11,13-15H,2-3,6,12H2,1H3,(H2,27,32)(H,29,30,31). The number of hydrogen-bond acceptors (Lipinski definition) is 6. The monoisotopic (exact) mass is 445 g/mol. The Balaban J connectivity index is 1.79. The maximum Gasteiger partial charge on any atom is 0.217 e. The third kappa shape index (κ3) is 5.23. The molecule has 3 N–H and O–H groups in total. The average molecular weight is 445 g/mol. The Bertz CT molecular complexity index is 1260. The number of benzene rings is 2. The number of nitrogens with two attached hydrogens (primary N) is 1. The maximum atomic E-state index is 13.4. The second kappa shape index (κ2) is 10.0. The van der Waals surface area contributed by atoms with Crippen molar-refractivity contribution in [3.63, 3.8) is 0 Å². The van der Waals surface area contributed by atoms with Crippen molar-refractivity contribution in [3.05, 3.63) is 66.7 Å². The summed E-state index contributed by atoms with van der Waals surface area (Å²) >= 11 is 0. The lowest BCUT2D eigenvalue weighted by Gasteiger charge is -2.15. The molecule has 2 heterocycles. The third-order valence-electron chi connectivity index (χ3n) is 5.23. The Morgan fingerprint density at radius 2 is 1.88 bits per heavy atom. The fraction of sp³-hybridized carbons (Fsp3) is 0.200. The molecule has 168 valence electrons. The highest BCUT2D eigenvalue weighted by atomic mass is 19.1. The summed E-state index contributed by atoms with van der Waals surface area (Å²) < 4.78 is 19.1. The first-order valence-corrected chi connectivity index (χ1v) is 10.6. The number of aromatic nitrogens is 3. The molecule has 0 fully saturated rings. The van der Waals surface area contributed by atoms with Crippen molar-refractivity contribution in [3.8, 4) is 28.3 Å². The van der Waals surface area contributed by atoms with Crippen LogP contribution in [0.3, 0.4) is 0 Å². The number of ether oxygens (including phenoxy) is 1. The van der Waals surface area contributed by atoms with Crippen LogP contribution in [0.5, 0.6) is 5.75 Å². The van der Waals surface area contributed by atoms with Gasteiger partial charge in [0.05, 0.1) is 7.11 Å². The fourth-order valence-electron chi connectivity index (χ4n) is 3.56. The summed E-state index contributed by atoms with van der Waals surface area (Å²) in [5.74, 6) is 1.13. The normalized spacial score (nSPS) is 10.8. The largest absolute Gasteiger partial charge is 0.494 e. The summed E-state index contributed by atoms with van der Waals surface area (Å²) in [6.07, 6.45) is 5.18. The Morgan fingerprint density at radius 3 is 2.58 bits per heavy atom. The highest BCUT2D eigenvalue weighted by Gasteiger charge is 2.15. The first kappa shape index (κ1) is 22.1. The minimum atomic E-state index is -0.310. The fourth-order valence-corrected chi connectivity index (χ4v) is 3.56. The van der Waals surface area contributed by atoms with Crippen molar-refractivity contribution in [2.45, 2.75) is 19.3 Å². The molecule has 33 heavy (non-hydrogen) atoms. The second-order valence-electron chi connectivity index (χ2n) is 7.57. The molecule has 2 aromatic carbocycles. The van der Waals surface area contributed by atoms with E-state index in [1.807, 2.05) is 24.3 Å². The summed E-state index contributed by atoms with van der Waals surface area (Å²) in [6, 6.07) is 13.8. The van der Waals surface area contributed by atoms with Gasteiger partial charge in [-0.2, -0.15) is 0 Å². The number of carbonyl (C=O) groups is 1. The summed E-state index contributed by atoms with van der Waals surface area (Å²) in [5.41, 5.74) is 8.37. The number of halogens is 1. The molecule has 2 aromatic heterocycles. The molecule has 7 nitrogen and oxygen atoms in total. The zero-order valence-electron chi connectivity index (χ0n) is 18.2. The molecule has 0 atom stereocenters. The molecule has 0 saturated carbocycles. The molecular formula is C25H24FN5O2. The molecule has 4 aromatic rings. The summed E-state index contributed by atoms with van der Waals surface area (Å²) in [5, 5.41) is 4.15. The molecule has 0 aliphatic rings. The van der Waals surface area contributed by atoms with Gasteiger partial charge in [0, 0.05) is 36.3 Å². The topological polar surface area (TPSA) is 103 Å². The van der Waals surface area contributed by atoms with Crippen LogP contribution in [0.2, 0.25) is 0 Å². The molecule has 4 rings (SSSR count). The quantitative estimate of drug-likeness (QED) is 0.366. The third-order valence-corrected chi connectivity index (χ3v) is 5.23. The Hall–Kier alpha value is -4.07. The minimum absolute atomic E-state index is 0.297. The number of primary amides is 1. The van der Waals surface area contributed by atoms with Crippen LogP contribution in [-0.2, 0) is 4.79 Å². The molecular weight excluding hydrogens is 421 g/mol. The van der Waals surface area contributed by atoms with E-state index >= 15 is 0 Å². The lowest BCUT2D eigenvalue weighted by molar-refractivity contribution is -0.118. The number of nitrogens with one attached hydrogen (secondary N) is 1. The van der Waals surface area contributed by atoms with Crippen molar-refractivity contribution in [1.82, 2.24) is 15.0 Å². The number of hydrogen-bond donors (Lipinski definition) is 2. The molecule has 0 unspecified atom stereocenters. The number of amides is 1. The van der Waals surface area contributed by atoms with Crippen molar-refractivity contribution < 1.29 is 13.9 Å². The van der Waals surface area contributed by atoms with E-state index in [0.717, 1.165) is 28.5 Å². The Kier molecular flexibility index (Phi) is 6.73. The van der Waals surface area contributed by atoms with Gasteiger partial charge in [0.1, 0.15) is 22.9 Å². The molecule has 0 spiro atoms. The second-order valence-corrected chi connectivity index (χ2v) is 7.57. The van der Waals surface area contributed by atoms with Crippen LogP contribution in [0.1, 0.15) is 19.3 Å². The van der Waals surface area contributed by atoms with Crippen LogP contribution in [0.4, 0.5) is 10.2 Å². The zero-order chi connectivity index (χ0) is 23.2. The molecule has 8 heteroatoms. The number of carbonyl (C=O) groups excluding carboxylic acids is 1. The SMILES string of the molecule is COc1cc(-c2ccc(F)cc2)cc2c(NCCCCC(N)=O)nc(-c3cccnc3)nc12. The van der Waals surface area contributed by atoms with E-state index in [9.17, 15) is 9.18 Å². The van der Waals surface area contributed by atoms with E-state index in [1.165, 1.54) is 12.1 Å². The number of unbranched alkanes of at least 4 members (excludes halogenated alkanes) is 1. The maximum absolute atomic E-state index is 13.4.